The zero-order valence-electron chi connectivity index (χ0n) is 13.1. The van der Waals surface area contributed by atoms with Gasteiger partial charge in [-0.1, -0.05) is 19.1 Å². The van der Waals surface area contributed by atoms with Crippen molar-refractivity contribution in [1.29, 1.82) is 0 Å². The molecule has 1 aliphatic heterocycles. The molecule has 0 radical (unpaired) electrons. The van der Waals surface area contributed by atoms with Gasteiger partial charge in [0.1, 0.15) is 0 Å². The van der Waals surface area contributed by atoms with Crippen LogP contribution in [0.2, 0.25) is 0 Å². The van der Waals surface area contributed by atoms with Crippen LogP contribution >= 0.6 is 0 Å². The molecule has 1 heterocycles. The van der Waals surface area contributed by atoms with Crippen molar-refractivity contribution >= 4 is 5.69 Å². The lowest BCUT2D eigenvalue weighted by molar-refractivity contribution is 0.0884. The number of fused-ring (bicyclic) bond motifs is 1. The average molecular weight is 277 g/mol. The fourth-order valence-electron chi connectivity index (χ4n) is 3.39. The maximum absolute atomic E-state index is 9.64. The normalized spacial score (nSPS) is 22.5. The van der Waals surface area contributed by atoms with Crippen molar-refractivity contribution in [2.45, 2.75) is 58.1 Å². The summed E-state index contributed by atoms with van der Waals surface area (Å²) >= 11 is 0. The number of hydrogen-bond donors (Lipinski definition) is 2. The SMILES string of the molecule is Cc1ccc2c(c1)N(CCC(O)CO)C(C)(C)CC2C. The molecule has 0 aliphatic carbocycles. The van der Waals surface area contributed by atoms with Crippen molar-refractivity contribution in [3.05, 3.63) is 29.3 Å². The lowest BCUT2D eigenvalue weighted by Crippen LogP contribution is -2.49. The number of aliphatic hydroxyl groups excluding tert-OH is 2. The van der Waals surface area contributed by atoms with E-state index >= 15 is 0 Å². The summed E-state index contributed by atoms with van der Waals surface area (Å²) in [5.41, 5.74) is 4.03. The van der Waals surface area contributed by atoms with Gasteiger partial charge >= 0.3 is 0 Å². The average Bonchev–Trinajstić information content (AvgIpc) is 2.36. The highest BCUT2D eigenvalue weighted by atomic mass is 16.3. The standard InChI is InChI=1S/C17H27NO2/c1-12-5-6-15-13(2)10-17(3,4)18(16(15)9-12)8-7-14(20)11-19/h5-6,9,13-14,19-20H,7-8,10-11H2,1-4H3. The highest BCUT2D eigenvalue weighted by molar-refractivity contribution is 5.60. The largest absolute Gasteiger partial charge is 0.394 e. The van der Waals surface area contributed by atoms with E-state index in [1.807, 2.05) is 0 Å². The molecule has 0 bridgehead atoms. The highest BCUT2D eigenvalue weighted by Crippen LogP contribution is 2.43. The van der Waals surface area contributed by atoms with Gasteiger partial charge in [-0.15, -0.1) is 0 Å². The molecule has 0 fully saturated rings. The Morgan fingerprint density at radius 3 is 2.75 bits per heavy atom. The van der Waals surface area contributed by atoms with E-state index in [9.17, 15) is 5.11 Å². The molecule has 0 saturated heterocycles. The van der Waals surface area contributed by atoms with Gasteiger partial charge < -0.3 is 15.1 Å². The maximum Gasteiger partial charge on any atom is 0.0787 e. The fraction of sp³-hybridized carbons (Fsp3) is 0.647. The van der Waals surface area contributed by atoms with E-state index in [0.717, 1.165) is 13.0 Å². The lowest BCUT2D eigenvalue weighted by Gasteiger charge is -2.48. The molecule has 2 atom stereocenters. The maximum atomic E-state index is 9.64. The number of anilines is 1. The summed E-state index contributed by atoms with van der Waals surface area (Å²) < 4.78 is 0. The molecule has 3 nitrogen and oxygen atoms in total. The minimum atomic E-state index is -0.626. The molecule has 1 aromatic rings. The molecule has 20 heavy (non-hydrogen) atoms. The number of nitrogens with zero attached hydrogens (tertiary/aromatic N) is 1. The second-order valence-corrected chi connectivity index (χ2v) is 6.76. The highest BCUT2D eigenvalue weighted by Gasteiger charge is 2.36. The monoisotopic (exact) mass is 277 g/mol. The molecule has 3 heteroatoms. The Morgan fingerprint density at radius 2 is 2.10 bits per heavy atom. The summed E-state index contributed by atoms with van der Waals surface area (Å²) in [6, 6.07) is 6.66. The quantitative estimate of drug-likeness (QED) is 0.889. The van der Waals surface area contributed by atoms with Gasteiger partial charge in [0.15, 0.2) is 0 Å². The van der Waals surface area contributed by atoms with Crippen LogP contribution in [0.25, 0.3) is 0 Å². The predicted molar refractivity (Wildman–Crippen MR) is 83.3 cm³/mol. The molecule has 0 aromatic heterocycles. The van der Waals surface area contributed by atoms with Gasteiger partial charge in [0.05, 0.1) is 12.7 Å². The van der Waals surface area contributed by atoms with Gasteiger partial charge in [-0.05, 0) is 56.7 Å². The lowest BCUT2D eigenvalue weighted by atomic mass is 9.79. The van der Waals surface area contributed by atoms with Crippen LogP contribution in [0.1, 0.15) is 50.7 Å². The molecule has 2 rings (SSSR count). The van der Waals surface area contributed by atoms with Crippen LogP contribution in [0, 0.1) is 6.92 Å². The van der Waals surface area contributed by atoms with Crippen LogP contribution in [-0.4, -0.2) is 35.0 Å². The van der Waals surface area contributed by atoms with Crippen molar-refractivity contribution in [3.8, 4) is 0 Å². The first-order valence-electron chi connectivity index (χ1n) is 7.52. The van der Waals surface area contributed by atoms with Crippen LogP contribution < -0.4 is 4.90 Å². The first-order chi connectivity index (χ1) is 9.35. The fourth-order valence-corrected chi connectivity index (χ4v) is 3.39. The van der Waals surface area contributed by atoms with Gasteiger partial charge in [0, 0.05) is 17.8 Å². The van der Waals surface area contributed by atoms with E-state index in [-0.39, 0.29) is 12.1 Å². The molecular weight excluding hydrogens is 250 g/mol. The Kier molecular flexibility index (Phi) is 4.40. The van der Waals surface area contributed by atoms with E-state index in [2.05, 4.69) is 50.8 Å². The Morgan fingerprint density at radius 1 is 1.40 bits per heavy atom. The number of rotatable bonds is 4. The van der Waals surface area contributed by atoms with Gasteiger partial charge in [-0.3, -0.25) is 0 Å². The minimum absolute atomic E-state index is 0.0788. The summed E-state index contributed by atoms with van der Waals surface area (Å²) in [6.45, 7) is 9.55. The van der Waals surface area contributed by atoms with Crippen molar-refractivity contribution in [2.75, 3.05) is 18.1 Å². The summed E-state index contributed by atoms with van der Waals surface area (Å²) in [5, 5.41) is 18.6. The van der Waals surface area contributed by atoms with Crippen LogP contribution in [0.5, 0.6) is 0 Å². The van der Waals surface area contributed by atoms with Crippen molar-refractivity contribution in [2.24, 2.45) is 0 Å². The topological polar surface area (TPSA) is 43.7 Å². The molecule has 2 N–H and O–H groups in total. The summed E-state index contributed by atoms with van der Waals surface area (Å²) in [4.78, 5) is 2.40. The van der Waals surface area contributed by atoms with Gasteiger partial charge in [0.25, 0.3) is 0 Å². The van der Waals surface area contributed by atoms with Gasteiger partial charge in [0.2, 0.25) is 0 Å². The molecule has 1 aromatic carbocycles. The Labute approximate surface area is 122 Å². The zero-order chi connectivity index (χ0) is 14.9. The van der Waals surface area contributed by atoms with E-state index in [0.29, 0.717) is 12.3 Å². The van der Waals surface area contributed by atoms with Crippen LogP contribution in [0.15, 0.2) is 18.2 Å². The zero-order valence-corrected chi connectivity index (χ0v) is 13.1. The summed E-state index contributed by atoms with van der Waals surface area (Å²) in [6.07, 6.45) is 1.08. The van der Waals surface area contributed by atoms with Crippen molar-refractivity contribution < 1.29 is 10.2 Å². The third-order valence-corrected chi connectivity index (χ3v) is 4.44. The minimum Gasteiger partial charge on any atom is -0.394 e. The second kappa shape index (κ2) is 5.74. The number of aliphatic hydroxyl groups is 2. The first kappa shape index (κ1) is 15.3. The van der Waals surface area contributed by atoms with Crippen molar-refractivity contribution in [3.63, 3.8) is 0 Å². The van der Waals surface area contributed by atoms with E-state index in [4.69, 9.17) is 5.11 Å². The Balaban J connectivity index is 2.32. The van der Waals surface area contributed by atoms with Crippen molar-refractivity contribution in [1.82, 2.24) is 0 Å². The summed E-state index contributed by atoms with van der Waals surface area (Å²) in [5.74, 6) is 0.555. The number of hydrogen-bond acceptors (Lipinski definition) is 3. The van der Waals surface area contributed by atoms with Crippen LogP contribution in [0.3, 0.4) is 0 Å². The molecule has 1 aliphatic rings. The molecule has 2 unspecified atom stereocenters. The van der Waals surface area contributed by atoms with Crippen LogP contribution in [-0.2, 0) is 0 Å². The van der Waals surface area contributed by atoms with E-state index in [1.54, 1.807) is 0 Å². The first-order valence-corrected chi connectivity index (χ1v) is 7.52. The van der Waals surface area contributed by atoms with Gasteiger partial charge in [-0.2, -0.15) is 0 Å². The van der Waals surface area contributed by atoms with E-state index in [1.165, 1.54) is 16.8 Å². The summed E-state index contributed by atoms with van der Waals surface area (Å²) in [7, 11) is 0. The smallest absolute Gasteiger partial charge is 0.0787 e. The Bertz CT molecular complexity index is 470. The second-order valence-electron chi connectivity index (χ2n) is 6.76. The predicted octanol–water partition coefficient (Wildman–Crippen LogP) is 2.83. The number of benzene rings is 1. The molecule has 0 spiro atoms. The van der Waals surface area contributed by atoms with E-state index < -0.39 is 6.10 Å². The number of aryl methyl sites for hydroxylation is 1. The van der Waals surface area contributed by atoms with Gasteiger partial charge in [-0.25, -0.2) is 0 Å². The third-order valence-electron chi connectivity index (χ3n) is 4.44. The molecule has 0 saturated carbocycles. The van der Waals surface area contributed by atoms with Crippen LogP contribution in [0.4, 0.5) is 5.69 Å². The Hall–Kier alpha value is -1.06. The third kappa shape index (κ3) is 2.99. The molecule has 0 amide bonds. The molecule has 112 valence electrons. The molecular formula is C17H27NO2.